The van der Waals surface area contributed by atoms with E-state index in [-0.39, 0.29) is 12.3 Å². The van der Waals surface area contributed by atoms with E-state index in [1.54, 1.807) is 51.1 Å². The summed E-state index contributed by atoms with van der Waals surface area (Å²) in [6, 6.07) is 6.96. The van der Waals surface area contributed by atoms with E-state index in [0.717, 1.165) is 6.42 Å². The van der Waals surface area contributed by atoms with Crippen molar-refractivity contribution in [3.8, 4) is 0 Å². The maximum Gasteiger partial charge on any atom is 0.412 e. The Hall–Kier alpha value is -2.34. The predicted octanol–water partition coefficient (Wildman–Crippen LogP) is 3.27. The minimum Gasteiger partial charge on any atom is -0.444 e. The number of rotatable bonds is 6. The summed E-state index contributed by atoms with van der Waals surface area (Å²) in [6.07, 6.45) is 4.06. The van der Waals surface area contributed by atoms with Gasteiger partial charge in [-0.1, -0.05) is 24.3 Å². The molecule has 0 bridgehead atoms. The van der Waals surface area contributed by atoms with Crippen molar-refractivity contribution in [1.82, 2.24) is 0 Å². The highest BCUT2D eigenvalue weighted by atomic mass is 16.6. The highest BCUT2D eigenvalue weighted by Gasteiger charge is 2.17. The molecule has 126 valence electrons. The number of ether oxygens (including phenoxy) is 1. The lowest BCUT2D eigenvalue weighted by Gasteiger charge is -2.20. The monoisotopic (exact) mass is 319 g/mol. The fraction of sp³-hybridized carbons (Fsp3) is 0.412. The third-order valence-electron chi connectivity index (χ3n) is 2.64. The third-order valence-corrected chi connectivity index (χ3v) is 2.64. The van der Waals surface area contributed by atoms with Gasteiger partial charge in [0.15, 0.2) is 0 Å². The number of para-hydroxylation sites is 2. The van der Waals surface area contributed by atoms with Crippen LogP contribution in [0.2, 0.25) is 0 Å². The predicted molar refractivity (Wildman–Crippen MR) is 92.4 cm³/mol. The average molecular weight is 319 g/mol. The quantitative estimate of drug-likeness (QED) is 0.701. The first-order valence-corrected chi connectivity index (χ1v) is 7.56. The SMILES string of the molecule is CC(C)(C)OC(=O)Nc1ccccc1NC(=O)CC=CCCN. The molecule has 0 spiro atoms. The maximum atomic E-state index is 11.9. The van der Waals surface area contributed by atoms with Crippen LogP contribution in [0.5, 0.6) is 0 Å². The Labute approximate surface area is 137 Å². The number of carbonyl (C=O) groups excluding carboxylic acids is 2. The summed E-state index contributed by atoms with van der Waals surface area (Å²) in [4.78, 5) is 23.7. The minimum absolute atomic E-state index is 0.170. The molecule has 0 unspecified atom stereocenters. The van der Waals surface area contributed by atoms with Crippen molar-refractivity contribution in [2.45, 2.75) is 39.2 Å². The molecule has 6 nitrogen and oxygen atoms in total. The van der Waals surface area contributed by atoms with Gasteiger partial charge >= 0.3 is 6.09 Å². The van der Waals surface area contributed by atoms with Crippen LogP contribution in [-0.4, -0.2) is 24.1 Å². The lowest BCUT2D eigenvalue weighted by molar-refractivity contribution is -0.115. The third kappa shape index (κ3) is 8.01. The zero-order valence-corrected chi connectivity index (χ0v) is 13.9. The molecule has 1 aromatic rings. The van der Waals surface area contributed by atoms with Crippen LogP contribution in [0.3, 0.4) is 0 Å². The van der Waals surface area contributed by atoms with E-state index < -0.39 is 11.7 Å². The Kier molecular flexibility index (Phi) is 7.28. The second-order valence-electron chi connectivity index (χ2n) is 5.97. The van der Waals surface area contributed by atoms with Crippen molar-refractivity contribution in [3.63, 3.8) is 0 Å². The highest BCUT2D eigenvalue weighted by molar-refractivity contribution is 5.98. The molecule has 6 heteroatoms. The molecule has 0 aliphatic heterocycles. The standard InChI is InChI=1S/C17H25N3O3/c1-17(2,3)23-16(22)20-14-10-7-6-9-13(14)19-15(21)11-5-4-8-12-18/h4-7,9-10H,8,11-12,18H2,1-3H3,(H,19,21)(H,20,22). The number of anilines is 2. The lowest BCUT2D eigenvalue weighted by Crippen LogP contribution is -2.27. The smallest absolute Gasteiger partial charge is 0.412 e. The van der Waals surface area contributed by atoms with Gasteiger partial charge in [0.25, 0.3) is 0 Å². The molecule has 23 heavy (non-hydrogen) atoms. The van der Waals surface area contributed by atoms with Crippen LogP contribution in [0, 0.1) is 0 Å². The van der Waals surface area contributed by atoms with Gasteiger partial charge in [-0.15, -0.1) is 0 Å². The summed E-state index contributed by atoms with van der Waals surface area (Å²) in [5.74, 6) is -0.170. The Balaban J connectivity index is 2.66. The number of hydrogen-bond acceptors (Lipinski definition) is 4. The number of amides is 2. The summed E-state index contributed by atoms with van der Waals surface area (Å²) >= 11 is 0. The van der Waals surface area contributed by atoms with E-state index in [0.29, 0.717) is 17.9 Å². The first-order chi connectivity index (χ1) is 10.8. The second-order valence-corrected chi connectivity index (χ2v) is 5.97. The molecule has 2 amide bonds. The van der Waals surface area contributed by atoms with Crippen LogP contribution in [0.15, 0.2) is 36.4 Å². The summed E-state index contributed by atoms with van der Waals surface area (Å²) in [7, 11) is 0. The molecule has 0 saturated carbocycles. The van der Waals surface area contributed by atoms with Crippen LogP contribution in [0.1, 0.15) is 33.6 Å². The lowest BCUT2D eigenvalue weighted by atomic mass is 10.2. The van der Waals surface area contributed by atoms with Gasteiger partial charge in [0.2, 0.25) is 5.91 Å². The topological polar surface area (TPSA) is 93.5 Å². The summed E-state index contributed by atoms with van der Waals surface area (Å²) in [6.45, 7) is 5.91. The van der Waals surface area contributed by atoms with Gasteiger partial charge in [0.1, 0.15) is 5.60 Å². The van der Waals surface area contributed by atoms with Gasteiger partial charge in [0.05, 0.1) is 11.4 Å². The number of benzene rings is 1. The van der Waals surface area contributed by atoms with Crippen LogP contribution in [0.4, 0.5) is 16.2 Å². The van der Waals surface area contributed by atoms with Gasteiger partial charge in [0, 0.05) is 6.42 Å². The van der Waals surface area contributed by atoms with Gasteiger partial charge < -0.3 is 15.8 Å². The molecule has 0 saturated heterocycles. The molecule has 0 atom stereocenters. The highest BCUT2D eigenvalue weighted by Crippen LogP contribution is 2.22. The van der Waals surface area contributed by atoms with Gasteiger partial charge in [-0.2, -0.15) is 0 Å². The van der Waals surface area contributed by atoms with Crippen molar-refractivity contribution in [1.29, 1.82) is 0 Å². The van der Waals surface area contributed by atoms with E-state index in [2.05, 4.69) is 10.6 Å². The summed E-state index contributed by atoms with van der Waals surface area (Å²) in [5.41, 5.74) is 5.80. The van der Waals surface area contributed by atoms with Gasteiger partial charge in [-0.25, -0.2) is 4.79 Å². The van der Waals surface area contributed by atoms with Gasteiger partial charge in [-0.05, 0) is 45.9 Å². The molecule has 1 rings (SSSR count). The van der Waals surface area contributed by atoms with Crippen LogP contribution < -0.4 is 16.4 Å². The van der Waals surface area contributed by atoms with Crippen molar-refractivity contribution in [2.24, 2.45) is 5.73 Å². The van der Waals surface area contributed by atoms with E-state index >= 15 is 0 Å². The van der Waals surface area contributed by atoms with Crippen molar-refractivity contribution in [2.75, 3.05) is 17.2 Å². The normalized spacial score (nSPS) is 11.3. The van der Waals surface area contributed by atoms with Crippen LogP contribution in [-0.2, 0) is 9.53 Å². The molecule has 0 aliphatic carbocycles. The number of hydrogen-bond donors (Lipinski definition) is 3. The second kappa shape index (κ2) is 8.95. The molecule has 0 heterocycles. The Morgan fingerprint density at radius 1 is 1.13 bits per heavy atom. The van der Waals surface area contributed by atoms with E-state index in [1.165, 1.54) is 0 Å². The van der Waals surface area contributed by atoms with Crippen molar-refractivity contribution in [3.05, 3.63) is 36.4 Å². The van der Waals surface area contributed by atoms with E-state index in [1.807, 2.05) is 6.08 Å². The van der Waals surface area contributed by atoms with Crippen molar-refractivity contribution < 1.29 is 14.3 Å². The van der Waals surface area contributed by atoms with Crippen LogP contribution >= 0.6 is 0 Å². The molecule has 0 aliphatic rings. The summed E-state index contributed by atoms with van der Waals surface area (Å²) in [5, 5.41) is 5.40. The fourth-order valence-electron chi connectivity index (χ4n) is 1.72. The fourth-order valence-corrected chi connectivity index (χ4v) is 1.72. The zero-order valence-electron chi connectivity index (χ0n) is 13.9. The largest absolute Gasteiger partial charge is 0.444 e. The average Bonchev–Trinajstić information content (AvgIpc) is 2.44. The molecule has 0 fully saturated rings. The minimum atomic E-state index is -0.587. The Morgan fingerprint density at radius 3 is 2.30 bits per heavy atom. The molecule has 0 aromatic heterocycles. The number of carbonyl (C=O) groups is 2. The number of nitrogens with one attached hydrogen (secondary N) is 2. The molecular weight excluding hydrogens is 294 g/mol. The Morgan fingerprint density at radius 2 is 1.74 bits per heavy atom. The molecule has 1 aromatic carbocycles. The summed E-state index contributed by atoms with van der Waals surface area (Å²) < 4.78 is 5.21. The molecule has 0 radical (unpaired) electrons. The maximum absolute atomic E-state index is 11.9. The Bertz CT molecular complexity index is 562. The first kappa shape index (κ1) is 18.7. The molecule has 4 N–H and O–H groups in total. The molecular formula is C17H25N3O3. The van der Waals surface area contributed by atoms with Gasteiger partial charge in [-0.3, -0.25) is 10.1 Å². The number of nitrogens with two attached hydrogens (primary N) is 1. The van der Waals surface area contributed by atoms with Crippen LogP contribution in [0.25, 0.3) is 0 Å². The first-order valence-electron chi connectivity index (χ1n) is 7.56. The van der Waals surface area contributed by atoms with E-state index in [9.17, 15) is 9.59 Å². The van der Waals surface area contributed by atoms with Crippen molar-refractivity contribution >= 4 is 23.4 Å². The zero-order chi connectivity index (χ0) is 17.3. The van der Waals surface area contributed by atoms with E-state index in [4.69, 9.17) is 10.5 Å².